The van der Waals surface area contributed by atoms with Crippen LogP contribution in [0.4, 0.5) is 10.1 Å². The van der Waals surface area contributed by atoms with E-state index < -0.39 is 20.7 Å². The fourth-order valence-corrected chi connectivity index (χ4v) is 3.16. The molecule has 23 heavy (non-hydrogen) atoms. The largest absolute Gasteiger partial charge is 0.279 e. The zero-order chi connectivity index (χ0) is 16.4. The summed E-state index contributed by atoms with van der Waals surface area (Å²) in [6, 6.07) is 9.70. The van der Waals surface area contributed by atoms with Gasteiger partial charge in [-0.15, -0.1) is 5.10 Å². The molecule has 0 radical (unpaired) electrons. The Balaban J connectivity index is 1.93. The van der Waals surface area contributed by atoms with Crippen LogP contribution in [-0.2, 0) is 10.0 Å². The van der Waals surface area contributed by atoms with Gasteiger partial charge in [0.05, 0.1) is 11.4 Å². The SMILES string of the molecule is O=S(=O)(Nc1cccc(-n2cnnn2)c1)c1ccc(Cl)cc1F. The number of hydrogen-bond donors (Lipinski definition) is 1. The van der Waals surface area contributed by atoms with E-state index in [1.807, 2.05) is 0 Å². The maximum atomic E-state index is 13.8. The summed E-state index contributed by atoms with van der Waals surface area (Å²) in [5.41, 5.74) is 0.791. The van der Waals surface area contributed by atoms with Crippen molar-refractivity contribution < 1.29 is 12.8 Å². The third-order valence-corrected chi connectivity index (χ3v) is 4.55. The summed E-state index contributed by atoms with van der Waals surface area (Å²) in [6.45, 7) is 0. The van der Waals surface area contributed by atoms with Gasteiger partial charge in [0, 0.05) is 5.02 Å². The number of aromatic nitrogens is 4. The average molecular weight is 354 g/mol. The van der Waals surface area contributed by atoms with Crippen LogP contribution in [0.1, 0.15) is 0 Å². The molecule has 1 aromatic heterocycles. The maximum Gasteiger partial charge on any atom is 0.264 e. The molecule has 0 aliphatic heterocycles. The van der Waals surface area contributed by atoms with Crippen molar-refractivity contribution in [3.63, 3.8) is 0 Å². The summed E-state index contributed by atoms with van der Waals surface area (Å²) in [4.78, 5) is -0.491. The Morgan fingerprint density at radius 3 is 2.70 bits per heavy atom. The number of halogens is 2. The molecule has 0 unspecified atom stereocenters. The Hall–Kier alpha value is -2.52. The molecule has 10 heteroatoms. The highest BCUT2D eigenvalue weighted by Gasteiger charge is 2.19. The fourth-order valence-electron chi connectivity index (χ4n) is 1.89. The lowest BCUT2D eigenvalue weighted by atomic mass is 10.3. The molecule has 0 aliphatic rings. The summed E-state index contributed by atoms with van der Waals surface area (Å²) >= 11 is 5.63. The molecule has 0 saturated heterocycles. The van der Waals surface area contributed by atoms with Gasteiger partial charge in [0.15, 0.2) is 0 Å². The summed E-state index contributed by atoms with van der Waals surface area (Å²) < 4.78 is 42.1. The number of rotatable bonds is 4. The summed E-state index contributed by atoms with van der Waals surface area (Å²) in [7, 11) is -4.09. The standard InChI is InChI=1S/C13H9ClFN5O2S/c14-9-4-5-13(12(15)6-9)23(21,22)17-10-2-1-3-11(7-10)20-8-16-18-19-20/h1-8,17H. The number of nitrogens with one attached hydrogen (secondary N) is 1. The zero-order valence-corrected chi connectivity index (χ0v) is 13.0. The molecule has 0 bridgehead atoms. The summed E-state index contributed by atoms with van der Waals surface area (Å²) in [6.07, 6.45) is 1.37. The van der Waals surface area contributed by atoms with Crippen molar-refractivity contribution in [2.45, 2.75) is 4.90 Å². The number of hydrogen-bond acceptors (Lipinski definition) is 5. The monoisotopic (exact) mass is 353 g/mol. The van der Waals surface area contributed by atoms with Gasteiger partial charge in [-0.1, -0.05) is 17.7 Å². The lowest BCUT2D eigenvalue weighted by molar-refractivity contribution is 0.570. The second-order valence-electron chi connectivity index (χ2n) is 4.48. The maximum absolute atomic E-state index is 13.8. The normalized spacial score (nSPS) is 11.4. The van der Waals surface area contributed by atoms with Crippen molar-refractivity contribution in [3.8, 4) is 5.69 Å². The van der Waals surface area contributed by atoms with E-state index >= 15 is 0 Å². The minimum absolute atomic E-state index is 0.113. The predicted molar refractivity (Wildman–Crippen MR) is 81.4 cm³/mol. The van der Waals surface area contributed by atoms with E-state index in [9.17, 15) is 12.8 Å². The van der Waals surface area contributed by atoms with Crippen LogP contribution in [0.25, 0.3) is 5.69 Å². The van der Waals surface area contributed by atoms with E-state index in [1.54, 1.807) is 12.1 Å². The van der Waals surface area contributed by atoms with Crippen LogP contribution in [0.15, 0.2) is 53.7 Å². The van der Waals surface area contributed by atoms with Crippen LogP contribution < -0.4 is 4.72 Å². The van der Waals surface area contributed by atoms with Gasteiger partial charge in [-0.05, 0) is 46.8 Å². The molecule has 1 N–H and O–H groups in total. The first-order valence-electron chi connectivity index (χ1n) is 6.27. The molecular formula is C13H9ClFN5O2S. The van der Waals surface area contributed by atoms with Crippen LogP contribution >= 0.6 is 11.6 Å². The van der Waals surface area contributed by atoms with Gasteiger partial charge >= 0.3 is 0 Å². The molecule has 3 aromatic rings. The van der Waals surface area contributed by atoms with Gasteiger partial charge in [-0.25, -0.2) is 17.5 Å². The van der Waals surface area contributed by atoms with E-state index in [0.29, 0.717) is 5.69 Å². The Morgan fingerprint density at radius 1 is 1.17 bits per heavy atom. The predicted octanol–water partition coefficient (Wildman–Crippen LogP) is 2.26. The average Bonchev–Trinajstić information content (AvgIpc) is 3.00. The van der Waals surface area contributed by atoms with Crippen molar-refractivity contribution in [1.29, 1.82) is 0 Å². The number of tetrazole rings is 1. The first-order valence-corrected chi connectivity index (χ1v) is 8.13. The summed E-state index contributed by atoms with van der Waals surface area (Å²) in [5.74, 6) is -0.929. The number of benzene rings is 2. The topological polar surface area (TPSA) is 89.8 Å². The van der Waals surface area contributed by atoms with Crippen molar-refractivity contribution >= 4 is 27.3 Å². The summed E-state index contributed by atoms with van der Waals surface area (Å²) in [5, 5.41) is 10.8. The van der Waals surface area contributed by atoms with Crippen molar-refractivity contribution in [2.24, 2.45) is 0 Å². The smallest absolute Gasteiger partial charge is 0.264 e. The molecule has 0 fully saturated rings. The Bertz CT molecular complexity index is 947. The lowest BCUT2D eigenvalue weighted by Gasteiger charge is -2.10. The zero-order valence-electron chi connectivity index (χ0n) is 11.4. The molecule has 0 aliphatic carbocycles. The van der Waals surface area contributed by atoms with Gasteiger partial charge in [-0.2, -0.15) is 0 Å². The molecular weight excluding hydrogens is 345 g/mol. The Labute approximate surface area is 135 Å². The Kier molecular flexibility index (Phi) is 3.97. The first kappa shape index (κ1) is 15.4. The minimum Gasteiger partial charge on any atom is -0.279 e. The lowest BCUT2D eigenvalue weighted by Crippen LogP contribution is -2.14. The number of nitrogens with zero attached hydrogens (tertiary/aromatic N) is 4. The molecule has 0 saturated carbocycles. The Morgan fingerprint density at radius 2 is 2.00 bits per heavy atom. The second kappa shape index (κ2) is 5.94. The quantitative estimate of drug-likeness (QED) is 0.777. The molecule has 1 heterocycles. The van der Waals surface area contributed by atoms with E-state index in [4.69, 9.17) is 11.6 Å². The van der Waals surface area contributed by atoms with Gasteiger partial charge < -0.3 is 0 Å². The van der Waals surface area contributed by atoms with E-state index in [0.717, 1.165) is 12.1 Å². The first-order chi connectivity index (χ1) is 11.0. The third-order valence-electron chi connectivity index (χ3n) is 2.90. The van der Waals surface area contributed by atoms with Crippen molar-refractivity contribution in [1.82, 2.24) is 20.2 Å². The highest BCUT2D eigenvalue weighted by molar-refractivity contribution is 7.92. The van der Waals surface area contributed by atoms with Crippen LogP contribution in [-0.4, -0.2) is 28.6 Å². The van der Waals surface area contributed by atoms with E-state index in [1.165, 1.54) is 29.2 Å². The highest BCUT2D eigenvalue weighted by atomic mass is 35.5. The van der Waals surface area contributed by atoms with E-state index in [-0.39, 0.29) is 10.7 Å². The van der Waals surface area contributed by atoms with Crippen molar-refractivity contribution in [2.75, 3.05) is 4.72 Å². The highest BCUT2D eigenvalue weighted by Crippen LogP contribution is 2.22. The van der Waals surface area contributed by atoms with Gasteiger partial charge in [-0.3, -0.25) is 4.72 Å². The molecule has 0 amide bonds. The van der Waals surface area contributed by atoms with Gasteiger partial charge in [0.1, 0.15) is 17.0 Å². The third kappa shape index (κ3) is 3.30. The van der Waals surface area contributed by atoms with Gasteiger partial charge in [0.25, 0.3) is 10.0 Å². The van der Waals surface area contributed by atoms with Crippen LogP contribution in [0.5, 0.6) is 0 Å². The van der Waals surface area contributed by atoms with Crippen LogP contribution in [0.2, 0.25) is 5.02 Å². The van der Waals surface area contributed by atoms with Gasteiger partial charge in [0.2, 0.25) is 0 Å². The number of sulfonamides is 1. The molecule has 0 spiro atoms. The minimum atomic E-state index is -4.09. The van der Waals surface area contributed by atoms with Crippen LogP contribution in [0, 0.1) is 5.82 Å². The van der Waals surface area contributed by atoms with E-state index in [2.05, 4.69) is 20.2 Å². The number of anilines is 1. The van der Waals surface area contributed by atoms with Crippen molar-refractivity contribution in [3.05, 3.63) is 59.6 Å². The second-order valence-corrected chi connectivity index (χ2v) is 6.57. The molecule has 3 rings (SSSR count). The molecule has 7 nitrogen and oxygen atoms in total. The molecule has 118 valence electrons. The fraction of sp³-hybridized carbons (Fsp3) is 0. The van der Waals surface area contributed by atoms with Crippen LogP contribution in [0.3, 0.4) is 0 Å². The molecule has 0 atom stereocenters. The molecule has 2 aromatic carbocycles.